The van der Waals surface area contributed by atoms with Crippen LogP contribution in [-0.4, -0.2) is 31.1 Å². The van der Waals surface area contributed by atoms with E-state index in [1.54, 1.807) is 0 Å². The van der Waals surface area contributed by atoms with E-state index in [0.717, 1.165) is 26.2 Å². The van der Waals surface area contributed by atoms with Gasteiger partial charge in [-0.25, -0.2) is 0 Å². The SMILES string of the molecule is c1csc(C(c2ccc3ccccc3c2)N2CCCNCC2)c1. The fraction of sp³-hybridized carbons (Fsp3) is 0.300. The number of rotatable bonds is 3. The molecular formula is C20H22N2S. The minimum absolute atomic E-state index is 0.375. The summed E-state index contributed by atoms with van der Waals surface area (Å²) in [6.07, 6.45) is 1.22. The van der Waals surface area contributed by atoms with Crippen molar-refractivity contribution in [1.29, 1.82) is 0 Å². The Morgan fingerprint density at radius 2 is 1.83 bits per heavy atom. The highest BCUT2D eigenvalue weighted by Gasteiger charge is 2.24. The average molecular weight is 322 g/mol. The quantitative estimate of drug-likeness (QED) is 0.774. The summed E-state index contributed by atoms with van der Waals surface area (Å²) in [7, 11) is 0. The summed E-state index contributed by atoms with van der Waals surface area (Å²) in [6.45, 7) is 4.47. The molecular weight excluding hydrogens is 300 g/mol. The van der Waals surface area contributed by atoms with Crippen molar-refractivity contribution in [2.24, 2.45) is 0 Å². The summed E-state index contributed by atoms with van der Waals surface area (Å²) in [5.74, 6) is 0. The standard InChI is InChI=1S/C20H22N2S/c1-2-6-17-15-18(9-8-16(17)5-1)20(19-7-3-14-23-19)22-12-4-10-21-11-13-22/h1-3,5-9,14-15,20-21H,4,10-13H2. The lowest BCUT2D eigenvalue weighted by atomic mass is 9.99. The van der Waals surface area contributed by atoms with Crippen molar-refractivity contribution in [1.82, 2.24) is 10.2 Å². The molecule has 2 heterocycles. The lowest BCUT2D eigenvalue weighted by molar-refractivity contribution is 0.244. The maximum absolute atomic E-state index is 3.52. The van der Waals surface area contributed by atoms with Crippen molar-refractivity contribution >= 4 is 22.1 Å². The van der Waals surface area contributed by atoms with Crippen molar-refractivity contribution in [3.05, 3.63) is 70.4 Å². The van der Waals surface area contributed by atoms with E-state index >= 15 is 0 Å². The molecule has 1 fully saturated rings. The van der Waals surface area contributed by atoms with Crippen LogP contribution in [-0.2, 0) is 0 Å². The molecule has 1 atom stereocenters. The Morgan fingerprint density at radius 1 is 0.913 bits per heavy atom. The number of benzene rings is 2. The van der Waals surface area contributed by atoms with E-state index in [4.69, 9.17) is 0 Å². The zero-order valence-electron chi connectivity index (χ0n) is 13.2. The molecule has 0 bridgehead atoms. The maximum Gasteiger partial charge on any atom is 0.0696 e. The van der Waals surface area contributed by atoms with E-state index in [1.807, 2.05) is 11.3 Å². The maximum atomic E-state index is 3.52. The predicted molar refractivity (Wildman–Crippen MR) is 99.2 cm³/mol. The molecule has 1 unspecified atom stereocenters. The normalized spacial score (nSPS) is 17.9. The van der Waals surface area contributed by atoms with E-state index in [0.29, 0.717) is 6.04 Å². The van der Waals surface area contributed by atoms with Crippen molar-refractivity contribution < 1.29 is 0 Å². The highest BCUT2D eigenvalue weighted by atomic mass is 32.1. The Labute approximate surface area is 141 Å². The molecule has 1 N–H and O–H groups in total. The first-order chi connectivity index (χ1) is 11.4. The molecule has 23 heavy (non-hydrogen) atoms. The molecule has 0 radical (unpaired) electrons. The van der Waals surface area contributed by atoms with Gasteiger partial charge in [0.2, 0.25) is 0 Å². The molecule has 2 nitrogen and oxygen atoms in total. The molecule has 2 aromatic carbocycles. The zero-order valence-corrected chi connectivity index (χ0v) is 14.1. The average Bonchev–Trinajstić information content (AvgIpc) is 2.98. The molecule has 3 aromatic rings. The van der Waals surface area contributed by atoms with Crippen LogP contribution < -0.4 is 5.32 Å². The topological polar surface area (TPSA) is 15.3 Å². The molecule has 3 heteroatoms. The Bertz CT molecular complexity index is 758. The molecule has 0 saturated carbocycles. The van der Waals surface area contributed by atoms with Crippen LogP contribution in [0.3, 0.4) is 0 Å². The van der Waals surface area contributed by atoms with Gasteiger partial charge in [0, 0.05) is 24.5 Å². The van der Waals surface area contributed by atoms with E-state index in [9.17, 15) is 0 Å². The molecule has 4 rings (SSSR count). The molecule has 1 aliphatic heterocycles. The van der Waals surface area contributed by atoms with Crippen LogP contribution in [0.15, 0.2) is 60.0 Å². The second-order valence-corrected chi connectivity index (χ2v) is 7.14. The van der Waals surface area contributed by atoms with Gasteiger partial charge in [0.1, 0.15) is 0 Å². The Kier molecular flexibility index (Phi) is 4.42. The van der Waals surface area contributed by atoms with Crippen molar-refractivity contribution in [3.63, 3.8) is 0 Å². The summed E-state index contributed by atoms with van der Waals surface area (Å²) in [4.78, 5) is 4.08. The number of thiophene rings is 1. The molecule has 0 amide bonds. The minimum Gasteiger partial charge on any atom is -0.315 e. The van der Waals surface area contributed by atoms with E-state index in [-0.39, 0.29) is 0 Å². The second-order valence-electron chi connectivity index (χ2n) is 6.16. The van der Waals surface area contributed by atoms with Gasteiger partial charge in [0.05, 0.1) is 6.04 Å². The fourth-order valence-corrected chi connectivity index (χ4v) is 4.39. The molecule has 0 spiro atoms. The Morgan fingerprint density at radius 3 is 2.70 bits per heavy atom. The Balaban J connectivity index is 1.76. The monoisotopic (exact) mass is 322 g/mol. The number of fused-ring (bicyclic) bond motifs is 1. The first kappa shape index (κ1) is 14.9. The lowest BCUT2D eigenvalue weighted by Crippen LogP contribution is -2.32. The molecule has 118 valence electrons. The molecule has 1 saturated heterocycles. The van der Waals surface area contributed by atoms with E-state index in [1.165, 1.54) is 27.6 Å². The summed E-state index contributed by atoms with van der Waals surface area (Å²) in [6, 6.07) is 20.4. The Hall–Kier alpha value is -1.68. The molecule has 1 aliphatic rings. The fourth-order valence-electron chi connectivity index (χ4n) is 3.50. The van der Waals surface area contributed by atoms with Gasteiger partial charge in [-0.2, -0.15) is 0 Å². The smallest absolute Gasteiger partial charge is 0.0696 e. The number of nitrogens with one attached hydrogen (secondary N) is 1. The van der Waals surface area contributed by atoms with Crippen LogP contribution in [0.4, 0.5) is 0 Å². The summed E-state index contributed by atoms with van der Waals surface area (Å²) >= 11 is 1.87. The molecule has 1 aromatic heterocycles. The first-order valence-corrected chi connectivity index (χ1v) is 9.27. The van der Waals surface area contributed by atoms with Crippen LogP contribution in [0.25, 0.3) is 10.8 Å². The molecule has 0 aliphatic carbocycles. The highest BCUT2D eigenvalue weighted by Crippen LogP contribution is 2.33. The zero-order chi connectivity index (χ0) is 15.5. The van der Waals surface area contributed by atoms with Gasteiger partial charge in [-0.1, -0.05) is 42.5 Å². The third kappa shape index (κ3) is 3.18. The van der Waals surface area contributed by atoms with Gasteiger partial charge in [-0.05, 0) is 46.8 Å². The van der Waals surface area contributed by atoms with Crippen LogP contribution in [0.5, 0.6) is 0 Å². The van der Waals surface area contributed by atoms with Crippen LogP contribution in [0.1, 0.15) is 22.9 Å². The van der Waals surface area contributed by atoms with Crippen LogP contribution >= 0.6 is 11.3 Å². The predicted octanol–water partition coefficient (Wildman–Crippen LogP) is 4.29. The van der Waals surface area contributed by atoms with E-state index < -0.39 is 0 Å². The highest BCUT2D eigenvalue weighted by molar-refractivity contribution is 7.10. The third-order valence-electron chi connectivity index (χ3n) is 4.64. The number of nitrogens with zero attached hydrogens (tertiary/aromatic N) is 1. The van der Waals surface area contributed by atoms with E-state index in [2.05, 4.69) is 70.2 Å². The summed E-state index contributed by atoms with van der Waals surface area (Å²) in [5.41, 5.74) is 1.41. The van der Waals surface area contributed by atoms with Gasteiger partial charge in [-0.15, -0.1) is 11.3 Å². The summed E-state index contributed by atoms with van der Waals surface area (Å²) in [5, 5.41) is 8.37. The lowest BCUT2D eigenvalue weighted by Gasteiger charge is -2.30. The number of hydrogen-bond donors (Lipinski definition) is 1. The van der Waals surface area contributed by atoms with Crippen LogP contribution in [0.2, 0.25) is 0 Å². The minimum atomic E-state index is 0.375. The van der Waals surface area contributed by atoms with Crippen molar-refractivity contribution in [2.45, 2.75) is 12.5 Å². The largest absolute Gasteiger partial charge is 0.315 e. The van der Waals surface area contributed by atoms with Gasteiger partial charge in [0.25, 0.3) is 0 Å². The first-order valence-electron chi connectivity index (χ1n) is 8.39. The van der Waals surface area contributed by atoms with Gasteiger partial charge >= 0.3 is 0 Å². The number of hydrogen-bond acceptors (Lipinski definition) is 3. The van der Waals surface area contributed by atoms with Crippen LogP contribution in [0, 0.1) is 0 Å². The van der Waals surface area contributed by atoms with Gasteiger partial charge in [-0.3, -0.25) is 4.90 Å². The summed E-state index contributed by atoms with van der Waals surface area (Å²) < 4.78 is 0. The third-order valence-corrected chi connectivity index (χ3v) is 5.57. The van der Waals surface area contributed by atoms with Gasteiger partial charge < -0.3 is 5.32 Å². The van der Waals surface area contributed by atoms with Crippen molar-refractivity contribution in [3.8, 4) is 0 Å². The van der Waals surface area contributed by atoms with Gasteiger partial charge in [0.15, 0.2) is 0 Å². The second kappa shape index (κ2) is 6.83. The van der Waals surface area contributed by atoms with Crippen molar-refractivity contribution in [2.75, 3.05) is 26.2 Å².